The molecule has 2 aromatic heterocycles. The van der Waals surface area contributed by atoms with Gasteiger partial charge in [0.15, 0.2) is 5.65 Å². The zero-order chi connectivity index (χ0) is 23.9. The Morgan fingerprint density at radius 3 is 2.51 bits per heavy atom. The fraction of sp³-hybridized carbons (Fsp3) is 0.321. The van der Waals surface area contributed by atoms with Crippen molar-refractivity contribution < 1.29 is 4.79 Å². The minimum atomic E-state index is -0.549. The third-order valence-corrected chi connectivity index (χ3v) is 7.93. The zero-order valence-corrected chi connectivity index (χ0v) is 20.3. The van der Waals surface area contributed by atoms with Gasteiger partial charge >= 0.3 is 0 Å². The predicted molar refractivity (Wildman–Crippen MR) is 140 cm³/mol. The van der Waals surface area contributed by atoms with Crippen LogP contribution in [0.3, 0.4) is 0 Å². The van der Waals surface area contributed by atoms with E-state index in [1.807, 2.05) is 12.3 Å². The lowest BCUT2D eigenvalue weighted by Gasteiger charge is -2.25. The van der Waals surface area contributed by atoms with Crippen LogP contribution in [0.4, 0.5) is 0 Å². The van der Waals surface area contributed by atoms with Gasteiger partial charge in [0.1, 0.15) is 5.69 Å². The number of hydrogen-bond donors (Lipinski definition) is 2. The number of carbonyl (C=O) groups is 1. The maximum absolute atomic E-state index is 11.5. The molecule has 3 heterocycles. The van der Waals surface area contributed by atoms with E-state index < -0.39 is 5.91 Å². The van der Waals surface area contributed by atoms with E-state index >= 15 is 0 Å². The maximum atomic E-state index is 11.5. The summed E-state index contributed by atoms with van der Waals surface area (Å²) in [6, 6.07) is 14.9. The minimum absolute atomic E-state index is 0.297. The average Bonchev–Trinajstić information content (AvgIpc) is 3.50. The molecule has 178 valence electrons. The topological polar surface area (TPSA) is 87.9 Å². The number of aromatic nitrogens is 3. The smallest absolute Gasteiger partial charge is 0.250 e. The Balaban J connectivity index is 1.31. The summed E-state index contributed by atoms with van der Waals surface area (Å²) in [5, 5.41) is 8.71. The fourth-order valence-electron chi connectivity index (χ4n) is 5.69. The average molecular weight is 486 g/mol. The van der Waals surface area contributed by atoms with E-state index in [-0.39, 0.29) is 0 Å². The van der Waals surface area contributed by atoms with Crippen LogP contribution >= 0.6 is 11.6 Å². The van der Waals surface area contributed by atoms with Gasteiger partial charge in [0.25, 0.3) is 0 Å². The Morgan fingerprint density at radius 1 is 0.971 bits per heavy atom. The van der Waals surface area contributed by atoms with Crippen molar-refractivity contribution in [2.24, 2.45) is 5.73 Å². The molecule has 0 saturated carbocycles. The number of nitrogens with two attached hydrogens (primary N) is 1. The molecule has 7 heteroatoms. The van der Waals surface area contributed by atoms with Gasteiger partial charge in [-0.3, -0.25) is 9.89 Å². The predicted octanol–water partition coefficient (Wildman–Crippen LogP) is 5.39. The first-order chi connectivity index (χ1) is 17.1. The van der Waals surface area contributed by atoms with Crippen LogP contribution in [0.15, 0.2) is 48.7 Å². The standard InChI is InChI=1S/C28H28ClN5O/c29-25-15-20(7-10-23(25)27(30)35)26-24-14-21(16-31-28(24)33-32-26)19-4-3-17-5-8-22(9-6-18(17)13-19)34-11-1-2-12-34/h3-4,7,10,13-16,22H,1-2,5-6,8-9,11-12H2,(H2,30,35)(H,31,32,33)/t22-/m0/s1. The second-order valence-electron chi connectivity index (χ2n) is 9.71. The van der Waals surface area contributed by atoms with Crippen LogP contribution in [0, 0.1) is 0 Å². The summed E-state index contributed by atoms with van der Waals surface area (Å²) in [5.74, 6) is -0.549. The molecule has 1 aliphatic heterocycles. The first-order valence-corrected chi connectivity index (χ1v) is 12.7. The fourth-order valence-corrected chi connectivity index (χ4v) is 5.96. The number of aryl methyl sites for hydroxylation is 2. The molecule has 6 nitrogen and oxygen atoms in total. The number of nitrogens with zero attached hydrogens (tertiary/aromatic N) is 3. The summed E-state index contributed by atoms with van der Waals surface area (Å²) in [5.41, 5.74) is 13.1. The molecule has 0 radical (unpaired) electrons. The van der Waals surface area contributed by atoms with Crippen LogP contribution in [0.25, 0.3) is 33.4 Å². The minimum Gasteiger partial charge on any atom is -0.366 e. The Kier molecular flexibility index (Phi) is 5.78. The number of benzene rings is 2. The van der Waals surface area contributed by atoms with Crippen LogP contribution in [-0.2, 0) is 12.8 Å². The van der Waals surface area contributed by atoms with Crippen molar-refractivity contribution in [3.8, 4) is 22.4 Å². The molecule has 0 unspecified atom stereocenters. The number of primary amides is 1. The van der Waals surface area contributed by atoms with Gasteiger partial charge in [-0.05, 0) is 86.5 Å². The van der Waals surface area contributed by atoms with Crippen molar-refractivity contribution in [3.05, 3.63) is 70.4 Å². The number of H-pyrrole nitrogens is 1. The number of likely N-dealkylation sites (tertiary alicyclic amines) is 1. The highest BCUT2D eigenvalue weighted by Gasteiger charge is 2.24. The summed E-state index contributed by atoms with van der Waals surface area (Å²) >= 11 is 6.29. The molecule has 1 saturated heterocycles. The molecule has 2 aromatic carbocycles. The molecule has 1 fully saturated rings. The summed E-state index contributed by atoms with van der Waals surface area (Å²) in [7, 11) is 0. The van der Waals surface area contributed by atoms with Gasteiger partial charge in [0, 0.05) is 28.8 Å². The summed E-state index contributed by atoms with van der Waals surface area (Å²) in [4.78, 5) is 18.9. The quantitative estimate of drug-likeness (QED) is 0.379. The number of carbonyl (C=O) groups excluding carboxylic acids is 1. The van der Waals surface area contributed by atoms with Crippen molar-refractivity contribution in [1.29, 1.82) is 0 Å². The summed E-state index contributed by atoms with van der Waals surface area (Å²) in [6.07, 6.45) is 9.38. The van der Waals surface area contributed by atoms with Crippen LogP contribution < -0.4 is 5.73 Å². The zero-order valence-electron chi connectivity index (χ0n) is 19.6. The van der Waals surface area contributed by atoms with E-state index in [9.17, 15) is 4.79 Å². The lowest BCUT2D eigenvalue weighted by Crippen LogP contribution is -2.32. The van der Waals surface area contributed by atoms with Crippen molar-refractivity contribution in [3.63, 3.8) is 0 Å². The van der Waals surface area contributed by atoms with Crippen LogP contribution in [0.2, 0.25) is 5.02 Å². The van der Waals surface area contributed by atoms with E-state index in [0.29, 0.717) is 22.3 Å². The lowest BCUT2D eigenvalue weighted by atomic mass is 9.96. The van der Waals surface area contributed by atoms with Crippen molar-refractivity contribution in [1.82, 2.24) is 20.1 Å². The summed E-state index contributed by atoms with van der Waals surface area (Å²) < 4.78 is 0. The number of aromatic amines is 1. The number of nitrogens with one attached hydrogen (secondary N) is 1. The molecule has 3 N–H and O–H groups in total. The van der Waals surface area contributed by atoms with Crippen LogP contribution in [0.1, 0.15) is 47.2 Å². The molecular formula is C28H28ClN5O. The van der Waals surface area contributed by atoms with Gasteiger partial charge in [-0.2, -0.15) is 5.10 Å². The highest BCUT2D eigenvalue weighted by Crippen LogP contribution is 2.33. The van der Waals surface area contributed by atoms with E-state index in [0.717, 1.165) is 35.0 Å². The molecule has 35 heavy (non-hydrogen) atoms. The number of hydrogen-bond acceptors (Lipinski definition) is 4. The van der Waals surface area contributed by atoms with E-state index in [1.165, 1.54) is 55.5 Å². The van der Waals surface area contributed by atoms with Gasteiger partial charge in [0.05, 0.1) is 10.6 Å². The van der Waals surface area contributed by atoms with Crippen LogP contribution in [-0.4, -0.2) is 45.1 Å². The monoisotopic (exact) mass is 485 g/mol. The highest BCUT2D eigenvalue weighted by molar-refractivity contribution is 6.34. The second kappa shape index (κ2) is 9.10. The van der Waals surface area contributed by atoms with Gasteiger partial charge < -0.3 is 10.6 Å². The number of amides is 1. The number of halogens is 1. The SMILES string of the molecule is NC(=O)c1ccc(-c2n[nH]c3ncc(-c4ccc5c(c4)CC[C@@H](N4CCCC4)CC5)cc23)cc1Cl. The maximum Gasteiger partial charge on any atom is 0.250 e. The summed E-state index contributed by atoms with van der Waals surface area (Å²) in [6.45, 7) is 2.53. The van der Waals surface area contributed by atoms with Crippen molar-refractivity contribution in [2.45, 2.75) is 44.6 Å². The molecule has 0 bridgehead atoms. The van der Waals surface area contributed by atoms with Gasteiger partial charge in [-0.15, -0.1) is 0 Å². The second-order valence-corrected chi connectivity index (χ2v) is 10.1. The molecular weight excluding hydrogens is 458 g/mol. The third-order valence-electron chi connectivity index (χ3n) is 7.61. The Hall–Kier alpha value is -3.22. The van der Waals surface area contributed by atoms with E-state index in [4.69, 9.17) is 17.3 Å². The van der Waals surface area contributed by atoms with Crippen molar-refractivity contribution in [2.75, 3.05) is 13.1 Å². The lowest BCUT2D eigenvalue weighted by molar-refractivity contribution is 0.100. The Morgan fingerprint density at radius 2 is 1.74 bits per heavy atom. The molecule has 0 spiro atoms. The third kappa shape index (κ3) is 4.21. The Bertz CT molecular complexity index is 1420. The normalized spacial score (nSPS) is 18.5. The van der Waals surface area contributed by atoms with Gasteiger partial charge in [-0.1, -0.05) is 35.9 Å². The molecule has 1 amide bonds. The molecule has 6 rings (SSSR count). The van der Waals surface area contributed by atoms with E-state index in [2.05, 4.69) is 44.3 Å². The van der Waals surface area contributed by atoms with Gasteiger partial charge in [-0.25, -0.2) is 4.98 Å². The highest BCUT2D eigenvalue weighted by atomic mass is 35.5. The van der Waals surface area contributed by atoms with Crippen molar-refractivity contribution >= 4 is 28.5 Å². The first kappa shape index (κ1) is 22.3. The first-order valence-electron chi connectivity index (χ1n) is 12.4. The number of rotatable bonds is 4. The Labute approximate surface area is 209 Å². The number of pyridine rings is 1. The molecule has 1 atom stereocenters. The van der Waals surface area contributed by atoms with E-state index in [1.54, 1.807) is 12.1 Å². The number of fused-ring (bicyclic) bond motifs is 2. The van der Waals surface area contributed by atoms with Gasteiger partial charge in [0.2, 0.25) is 5.91 Å². The molecule has 1 aliphatic carbocycles. The molecule has 4 aromatic rings. The largest absolute Gasteiger partial charge is 0.366 e. The van der Waals surface area contributed by atoms with Crippen LogP contribution in [0.5, 0.6) is 0 Å². The molecule has 2 aliphatic rings.